The molecule has 0 bridgehead atoms. The topological polar surface area (TPSA) is 82.7 Å². The maximum absolute atomic E-state index is 6.08. The highest BCUT2D eigenvalue weighted by molar-refractivity contribution is 5.39. The van der Waals surface area contributed by atoms with Gasteiger partial charge in [-0.15, -0.1) is 5.10 Å². The molecule has 6 rings (SSSR count). The molecule has 186 valence electrons. The van der Waals surface area contributed by atoms with Gasteiger partial charge in [-0.2, -0.15) is 9.78 Å². The van der Waals surface area contributed by atoms with Crippen molar-refractivity contribution < 1.29 is 4.74 Å². The van der Waals surface area contributed by atoms with E-state index in [1.54, 1.807) is 0 Å². The minimum absolute atomic E-state index is 0.0640. The molecule has 0 aliphatic heterocycles. The van der Waals surface area contributed by atoms with Gasteiger partial charge in [0.1, 0.15) is 12.4 Å². The first-order chi connectivity index (χ1) is 17.7. The largest absolute Gasteiger partial charge is 0.489 e. The number of nitrogens with one attached hydrogen (secondary N) is 1. The zero-order valence-corrected chi connectivity index (χ0v) is 20.8. The molecule has 2 saturated carbocycles. The molecule has 2 aromatic heterocycles. The van der Waals surface area contributed by atoms with Crippen molar-refractivity contribution in [2.45, 2.75) is 64.8 Å². The van der Waals surface area contributed by atoms with Gasteiger partial charge in [0.05, 0.1) is 17.4 Å². The van der Waals surface area contributed by atoms with Gasteiger partial charge in [-0.05, 0) is 84.6 Å². The average Bonchev–Trinajstić information content (AvgIpc) is 3.28. The minimum Gasteiger partial charge on any atom is -0.489 e. The lowest BCUT2D eigenvalue weighted by molar-refractivity contribution is 0.306. The average molecular weight is 484 g/mol. The van der Waals surface area contributed by atoms with Crippen LogP contribution in [0.3, 0.4) is 0 Å². The maximum atomic E-state index is 6.08. The highest BCUT2D eigenvalue weighted by Crippen LogP contribution is 2.61. The number of hydrogen-bond donors (Lipinski definition) is 1. The lowest BCUT2D eigenvalue weighted by atomic mass is 9.94. The van der Waals surface area contributed by atoms with Crippen LogP contribution in [0.15, 0.2) is 66.9 Å². The highest BCUT2D eigenvalue weighted by atomic mass is 16.5. The molecule has 1 N–H and O–H groups in total. The summed E-state index contributed by atoms with van der Waals surface area (Å²) in [4.78, 5) is 0. The third kappa shape index (κ3) is 4.78. The predicted molar refractivity (Wildman–Crippen MR) is 136 cm³/mol. The lowest BCUT2D eigenvalue weighted by Gasteiger charge is -2.24. The van der Waals surface area contributed by atoms with Gasteiger partial charge >= 0.3 is 0 Å². The van der Waals surface area contributed by atoms with E-state index >= 15 is 0 Å². The van der Waals surface area contributed by atoms with Gasteiger partial charge < -0.3 is 10.1 Å². The van der Waals surface area contributed by atoms with Crippen molar-refractivity contribution in [1.82, 2.24) is 35.3 Å². The minimum atomic E-state index is 0.0640. The van der Waals surface area contributed by atoms with E-state index in [2.05, 4.69) is 51.1 Å². The van der Waals surface area contributed by atoms with Crippen molar-refractivity contribution in [2.24, 2.45) is 11.3 Å². The van der Waals surface area contributed by atoms with Crippen LogP contribution in [-0.4, -0.2) is 30.0 Å². The molecule has 36 heavy (non-hydrogen) atoms. The molecule has 8 nitrogen and oxygen atoms in total. The first-order valence-corrected chi connectivity index (χ1v) is 13.0. The Morgan fingerprint density at radius 2 is 1.97 bits per heavy atom. The van der Waals surface area contributed by atoms with Crippen molar-refractivity contribution in [1.29, 1.82) is 0 Å². The Morgan fingerprint density at radius 3 is 2.78 bits per heavy atom. The summed E-state index contributed by atoms with van der Waals surface area (Å²) in [5.74, 6) is 2.17. The van der Waals surface area contributed by atoms with Crippen molar-refractivity contribution in [3.63, 3.8) is 0 Å². The summed E-state index contributed by atoms with van der Waals surface area (Å²) in [6.07, 6.45) is 8.36. The standard InChI is InChI=1S/C28H33N7O/c1-2-34-24(12-16-30-34)19-29-26(22-11-13-28(18-22)14-15-28)27-31-32-33-35(27)23-9-6-10-25(17-23)36-20-21-7-4-3-5-8-21/h3-10,12,16-17,22,26,29H,2,11,13-15,18-20H2,1H3. The van der Waals surface area contributed by atoms with Crippen molar-refractivity contribution in [3.05, 3.63) is 83.9 Å². The van der Waals surface area contributed by atoms with E-state index < -0.39 is 0 Å². The second kappa shape index (κ2) is 9.85. The fraction of sp³-hybridized carbons (Fsp3) is 0.429. The molecule has 2 atom stereocenters. The molecule has 2 aliphatic rings. The van der Waals surface area contributed by atoms with Gasteiger partial charge in [-0.25, -0.2) is 0 Å². The molecule has 8 heteroatoms. The molecule has 2 aliphatic carbocycles. The van der Waals surface area contributed by atoms with Crippen LogP contribution in [0.1, 0.15) is 62.2 Å². The molecule has 2 unspecified atom stereocenters. The van der Waals surface area contributed by atoms with Crippen LogP contribution in [0.4, 0.5) is 0 Å². The first kappa shape index (κ1) is 22.9. The summed E-state index contributed by atoms with van der Waals surface area (Å²) < 4.78 is 10.00. The number of aryl methyl sites for hydroxylation is 1. The molecule has 0 radical (unpaired) electrons. The number of aromatic nitrogens is 6. The van der Waals surface area contributed by atoms with E-state index in [9.17, 15) is 0 Å². The lowest BCUT2D eigenvalue weighted by Crippen LogP contribution is -2.30. The Morgan fingerprint density at radius 1 is 1.08 bits per heavy atom. The maximum Gasteiger partial charge on any atom is 0.173 e. The van der Waals surface area contributed by atoms with E-state index in [-0.39, 0.29) is 6.04 Å². The van der Waals surface area contributed by atoms with Gasteiger partial charge in [0, 0.05) is 25.4 Å². The molecule has 1 spiro atoms. The summed E-state index contributed by atoms with van der Waals surface area (Å²) in [6, 6.07) is 20.4. The number of hydrogen-bond acceptors (Lipinski definition) is 6. The Labute approximate surface area is 211 Å². The quantitative estimate of drug-likeness (QED) is 0.347. The van der Waals surface area contributed by atoms with Crippen LogP contribution in [0.2, 0.25) is 0 Å². The summed E-state index contributed by atoms with van der Waals surface area (Å²) in [5, 5.41) is 21.3. The van der Waals surface area contributed by atoms with E-state index in [4.69, 9.17) is 4.74 Å². The van der Waals surface area contributed by atoms with Gasteiger partial charge in [-0.1, -0.05) is 36.4 Å². The SMILES string of the molecule is CCn1nccc1CNC(c1nnnn1-c1cccc(OCc2ccccc2)c1)C1CCC2(CC2)C1. The van der Waals surface area contributed by atoms with E-state index in [0.29, 0.717) is 17.9 Å². The smallest absolute Gasteiger partial charge is 0.173 e. The molecule has 2 fully saturated rings. The van der Waals surface area contributed by atoms with Gasteiger partial charge in [-0.3, -0.25) is 4.68 Å². The summed E-state index contributed by atoms with van der Waals surface area (Å²) in [6.45, 7) is 4.23. The van der Waals surface area contributed by atoms with Crippen LogP contribution < -0.4 is 10.1 Å². The second-order valence-electron chi connectivity index (χ2n) is 10.2. The number of benzene rings is 2. The Kier molecular flexibility index (Phi) is 6.27. The Bertz CT molecular complexity index is 1290. The highest BCUT2D eigenvalue weighted by Gasteiger charge is 2.50. The van der Waals surface area contributed by atoms with Gasteiger partial charge in [0.25, 0.3) is 0 Å². The van der Waals surface area contributed by atoms with Crippen LogP contribution in [0, 0.1) is 11.3 Å². The Hall–Kier alpha value is -3.52. The summed E-state index contributed by atoms with van der Waals surface area (Å²) >= 11 is 0. The number of tetrazole rings is 1. The fourth-order valence-electron chi connectivity index (χ4n) is 5.66. The van der Waals surface area contributed by atoms with Crippen LogP contribution in [-0.2, 0) is 19.7 Å². The van der Waals surface area contributed by atoms with Crippen molar-refractivity contribution >= 4 is 0 Å². The monoisotopic (exact) mass is 483 g/mol. The van der Waals surface area contributed by atoms with Gasteiger partial charge in [0.2, 0.25) is 0 Å². The predicted octanol–water partition coefficient (Wildman–Crippen LogP) is 4.87. The van der Waals surface area contributed by atoms with Crippen LogP contribution in [0.5, 0.6) is 5.75 Å². The number of rotatable bonds is 10. The first-order valence-electron chi connectivity index (χ1n) is 13.0. The zero-order chi connectivity index (χ0) is 24.4. The number of nitrogens with zero attached hydrogens (tertiary/aromatic N) is 6. The molecule has 4 aromatic rings. The molecule has 0 saturated heterocycles. The normalized spacial score (nSPS) is 19.0. The molecule has 2 heterocycles. The van der Waals surface area contributed by atoms with Crippen molar-refractivity contribution in [3.8, 4) is 11.4 Å². The summed E-state index contributed by atoms with van der Waals surface area (Å²) in [7, 11) is 0. The zero-order valence-electron chi connectivity index (χ0n) is 20.8. The van der Waals surface area contributed by atoms with Crippen molar-refractivity contribution in [2.75, 3.05) is 0 Å². The van der Waals surface area contributed by atoms with E-state index in [1.807, 2.05) is 58.0 Å². The third-order valence-electron chi connectivity index (χ3n) is 7.86. The van der Waals surface area contributed by atoms with Crippen LogP contribution >= 0.6 is 0 Å². The fourth-order valence-corrected chi connectivity index (χ4v) is 5.66. The second-order valence-corrected chi connectivity index (χ2v) is 10.2. The third-order valence-corrected chi connectivity index (χ3v) is 7.86. The summed E-state index contributed by atoms with van der Waals surface area (Å²) in [5.41, 5.74) is 3.79. The number of ether oxygens (including phenoxy) is 1. The molecular weight excluding hydrogens is 450 g/mol. The van der Waals surface area contributed by atoms with E-state index in [0.717, 1.165) is 35.9 Å². The Balaban J connectivity index is 1.25. The molecule has 0 amide bonds. The van der Waals surface area contributed by atoms with E-state index in [1.165, 1.54) is 37.8 Å². The van der Waals surface area contributed by atoms with Gasteiger partial charge in [0.15, 0.2) is 5.82 Å². The molecule has 2 aromatic carbocycles. The molecular formula is C28H33N7O. The van der Waals surface area contributed by atoms with Crippen LogP contribution in [0.25, 0.3) is 5.69 Å².